The normalized spacial score (nSPS) is 26.0. The first-order valence-electron chi connectivity index (χ1n) is 11.1. The van der Waals surface area contributed by atoms with Crippen LogP contribution in [-0.4, -0.2) is 48.3 Å². The molecule has 1 aromatic heterocycles. The van der Waals surface area contributed by atoms with Crippen LogP contribution in [0.2, 0.25) is 10.0 Å². The minimum Gasteiger partial charge on any atom is -0.379 e. The van der Waals surface area contributed by atoms with Crippen LogP contribution in [-0.2, 0) is 4.74 Å². The van der Waals surface area contributed by atoms with Gasteiger partial charge in [0.25, 0.3) is 5.56 Å². The molecule has 2 heterocycles. The van der Waals surface area contributed by atoms with Gasteiger partial charge in [0.2, 0.25) is 0 Å². The van der Waals surface area contributed by atoms with E-state index in [0.717, 1.165) is 36.4 Å². The first-order chi connectivity index (χ1) is 15.4. The molecule has 9 heteroatoms. The molecule has 2 aromatic rings. The zero-order valence-corrected chi connectivity index (χ0v) is 19.7. The van der Waals surface area contributed by atoms with Gasteiger partial charge in [0.05, 0.1) is 31.1 Å². The van der Waals surface area contributed by atoms with Gasteiger partial charge in [0.15, 0.2) is 5.67 Å². The molecule has 174 valence electrons. The summed E-state index contributed by atoms with van der Waals surface area (Å²) in [6.45, 7) is 0.678. The van der Waals surface area contributed by atoms with Crippen molar-refractivity contribution in [1.29, 1.82) is 0 Å². The first-order valence-corrected chi connectivity index (χ1v) is 11.9. The van der Waals surface area contributed by atoms with Gasteiger partial charge in [-0.2, -0.15) is 5.10 Å². The zero-order chi connectivity index (χ0) is 22.7. The second-order valence-electron chi connectivity index (χ2n) is 8.83. The molecule has 2 fully saturated rings. The number of alkyl halides is 1. The highest BCUT2D eigenvalue weighted by Crippen LogP contribution is 2.32. The van der Waals surface area contributed by atoms with E-state index in [1.54, 1.807) is 0 Å². The van der Waals surface area contributed by atoms with Gasteiger partial charge in [0.1, 0.15) is 5.02 Å². The number of aromatic nitrogens is 2. The molecule has 4 rings (SSSR count). The van der Waals surface area contributed by atoms with Crippen molar-refractivity contribution in [2.75, 3.05) is 37.0 Å². The van der Waals surface area contributed by atoms with Crippen molar-refractivity contribution in [3.8, 4) is 0 Å². The molecule has 0 spiro atoms. The zero-order valence-electron chi connectivity index (χ0n) is 18.2. The van der Waals surface area contributed by atoms with Gasteiger partial charge >= 0.3 is 0 Å². The van der Waals surface area contributed by atoms with Crippen molar-refractivity contribution in [2.24, 2.45) is 0 Å². The summed E-state index contributed by atoms with van der Waals surface area (Å²) in [6.07, 6.45) is 6.20. The molecule has 1 aliphatic heterocycles. The number of hydrogen-bond acceptors (Lipinski definition) is 5. The Morgan fingerprint density at radius 1 is 1.25 bits per heavy atom. The van der Waals surface area contributed by atoms with Gasteiger partial charge in [0, 0.05) is 30.4 Å². The van der Waals surface area contributed by atoms with Crippen LogP contribution in [0.4, 0.5) is 15.8 Å². The Morgan fingerprint density at radius 2 is 1.97 bits per heavy atom. The first kappa shape index (κ1) is 23.3. The predicted molar refractivity (Wildman–Crippen MR) is 127 cm³/mol. The van der Waals surface area contributed by atoms with Gasteiger partial charge in [-0.05, 0) is 62.8 Å². The minimum absolute atomic E-state index is 0.00294. The van der Waals surface area contributed by atoms with Crippen LogP contribution in [0.5, 0.6) is 0 Å². The molecule has 0 radical (unpaired) electrons. The summed E-state index contributed by atoms with van der Waals surface area (Å²) in [5, 5.41) is 8.10. The van der Waals surface area contributed by atoms with Crippen LogP contribution in [0.3, 0.4) is 0 Å². The summed E-state index contributed by atoms with van der Waals surface area (Å²) in [7, 11) is 2.09. The molecule has 1 N–H and O–H groups in total. The summed E-state index contributed by atoms with van der Waals surface area (Å²) in [4.78, 5) is 15.1. The maximum Gasteiger partial charge on any atom is 0.287 e. The molecule has 1 saturated heterocycles. The highest BCUT2D eigenvalue weighted by molar-refractivity contribution is 6.33. The van der Waals surface area contributed by atoms with Crippen molar-refractivity contribution >= 4 is 34.6 Å². The maximum absolute atomic E-state index is 14.8. The second-order valence-corrected chi connectivity index (χ2v) is 9.65. The third kappa shape index (κ3) is 5.21. The third-order valence-corrected chi connectivity index (χ3v) is 7.22. The number of anilines is 2. The molecule has 0 amide bonds. The van der Waals surface area contributed by atoms with Crippen LogP contribution in [0.25, 0.3) is 0 Å². The van der Waals surface area contributed by atoms with E-state index in [1.807, 2.05) is 24.3 Å². The lowest BCUT2D eigenvalue weighted by molar-refractivity contribution is -0.0234. The third-order valence-electron chi connectivity index (χ3n) is 6.61. The number of halogens is 3. The van der Waals surface area contributed by atoms with E-state index in [2.05, 4.69) is 22.4 Å². The molecule has 6 nitrogen and oxygen atoms in total. The van der Waals surface area contributed by atoms with Gasteiger partial charge in [-0.3, -0.25) is 4.79 Å². The van der Waals surface area contributed by atoms with Crippen molar-refractivity contribution < 1.29 is 9.13 Å². The van der Waals surface area contributed by atoms with Gasteiger partial charge in [-0.1, -0.05) is 23.2 Å². The van der Waals surface area contributed by atoms with E-state index in [0.29, 0.717) is 31.2 Å². The Balaban J connectivity index is 1.37. The Kier molecular flexibility index (Phi) is 7.27. The van der Waals surface area contributed by atoms with Crippen LogP contribution in [0, 0.1) is 0 Å². The summed E-state index contributed by atoms with van der Waals surface area (Å²) >= 11 is 12.3. The fourth-order valence-electron chi connectivity index (χ4n) is 4.62. The maximum atomic E-state index is 14.8. The molecule has 1 atom stereocenters. The summed E-state index contributed by atoms with van der Waals surface area (Å²) in [5.74, 6) is 0. The number of nitrogens with zero attached hydrogens (tertiary/aromatic N) is 3. The van der Waals surface area contributed by atoms with Crippen molar-refractivity contribution in [3.05, 3.63) is 50.9 Å². The molecule has 0 bridgehead atoms. The Morgan fingerprint density at radius 3 is 2.62 bits per heavy atom. The van der Waals surface area contributed by atoms with E-state index < -0.39 is 5.67 Å². The molecule has 1 saturated carbocycles. The van der Waals surface area contributed by atoms with E-state index in [4.69, 9.17) is 27.9 Å². The largest absolute Gasteiger partial charge is 0.379 e. The fraction of sp³-hybridized carbons (Fsp3) is 0.565. The molecule has 1 aliphatic carbocycles. The SMILES string of the molecule is CN(c1ccc(Cl)cc1)C1CCC(n2ncc(NCC3(F)CCCOC3)c(Cl)c2=O)CC1. The van der Waals surface area contributed by atoms with Crippen LogP contribution in [0.1, 0.15) is 44.6 Å². The molecule has 1 aromatic carbocycles. The summed E-state index contributed by atoms with van der Waals surface area (Å²) in [6, 6.07) is 8.22. The Labute approximate surface area is 197 Å². The lowest BCUT2D eigenvalue weighted by atomic mass is 9.90. The summed E-state index contributed by atoms with van der Waals surface area (Å²) in [5.41, 5.74) is -0.295. The second kappa shape index (κ2) is 9.98. The van der Waals surface area contributed by atoms with Crippen molar-refractivity contribution in [1.82, 2.24) is 9.78 Å². The average molecular weight is 483 g/mol. The Hall–Kier alpha value is -1.83. The molecule has 1 unspecified atom stereocenters. The number of nitrogens with one attached hydrogen (secondary N) is 1. The predicted octanol–water partition coefficient (Wildman–Crippen LogP) is 5.10. The highest BCUT2D eigenvalue weighted by Gasteiger charge is 2.33. The molecule has 2 aliphatic rings. The fourth-order valence-corrected chi connectivity index (χ4v) is 4.94. The van der Waals surface area contributed by atoms with Crippen LogP contribution in [0.15, 0.2) is 35.3 Å². The van der Waals surface area contributed by atoms with Crippen LogP contribution >= 0.6 is 23.2 Å². The Bertz CT molecular complexity index is 971. The average Bonchev–Trinajstić information content (AvgIpc) is 2.81. The highest BCUT2D eigenvalue weighted by atomic mass is 35.5. The minimum atomic E-state index is -1.45. The van der Waals surface area contributed by atoms with E-state index >= 15 is 0 Å². The van der Waals surface area contributed by atoms with E-state index in [9.17, 15) is 9.18 Å². The standard InChI is InChI=1S/C23H29Cl2FN4O2/c1-29(17-5-3-16(24)4-6-17)18-7-9-19(10-8-18)30-22(31)21(25)20(13-28-30)27-14-23(26)11-2-12-32-15-23/h3-6,13,18-19,27H,2,7-12,14-15H2,1H3. The van der Waals surface area contributed by atoms with Crippen LogP contribution < -0.4 is 15.8 Å². The van der Waals surface area contributed by atoms with Crippen molar-refractivity contribution in [2.45, 2.75) is 56.3 Å². The number of hydrogen-bond donors (Lipinski definition) is 1. The monoisotopic (exact) mass is 482 g/mol. The van der Waals surface area contributed by atoms with E-state index in [1.165, 1.54) is 10.9 Å². The molecular weight excluding hydrogens is 454 g/mol. The summed E-state index contributed by atoms with van der Waals surface area (Å²) < 4.78 is 21.5. The molecule has 32 heavy (non-hydrogen) atoms. The lowest BCUT2D eigenvalue weighted by Gasteiger charge is -2.36. The quantitative estimate of drug-likeness (QED) is 0.620. The number of rotatable bonds is 6. The van der Waals surface area contributed by atoms with Gasteiger partial charge in [-0.15, -0.1) is 0 Å². The van der Waals surface area contributed by atoms with Crippen molar-refractivity contribution in [3.63, 3.8) is 0 Å². The molecular formula is C23H29Cl2FN4O2. The topological polar surface area (TPSA) is 59.4 Å². The van der Waals surface area contributed by atoms with Gasteiger partial charge < -0.3 is 15.0 Å². The lowest BCUT2D eigenvalue weighted by Crippen LogP contribution is -2.41. The number of ether oxygens (including phenoxy) is 1. The van der Waals surface area contributed by atoms with E-state index in [-0.39, 0.29) is 29.8 Å². The van der Waals surface area contributed by atoms with Gasteiger partial charge in [-0.25, -0.2) is 9.07 Å². The smallest absolute Gasteiger partial charge is 0.287 e. The number of benzene rings is 1.